The van der Waals surface area contributed by atoms with Crippen molar-refractivity contribution in [3.8, 4) is 0 Å². The van der Waals surface area contributed by atoms with E-state index in [0.29, 0.717) is 5.92 Å². The van der Waals surface area contributed by atoms with Crippen molar-refractivity contribution >= 4 is 6.29 Å². The minimum atomic E-state index is 0.311. The van der Waals surface area contributed by atoms with E-state index in [9.17, 15) is 4.79 Å². The molecule has 0 heterocycles. The van der Waals surface area contributed by atoms with E-state index in [-0.39, 0.29) is 0 Å². The van der Waals surface area contributed by atoms with Gasteiger partial charge in [0.2, 0.25) is 0 Å². The molecule has 0 unspecified atom stereocenters. The average molecular weight is 174 g/mol. The standard InChI is InChI=1S/C12H14O/c1-10(9-13)8-11(2)12-6-4-3-5-7-12/h3-9,11H,1-2H3/b10-8+/t11-/m0/s1. The maximum Gasteiger partial charge on any atom is 0.145 e. The number of carbonyl (C=O) groups is 1. The van der Waals surface area contributed by atoms with Crippen LogP contribution in [0.5, 0.6) is 0 Å². The first kappa shape index (κ1) is 9.72. The van der Waals surface area contributed by atoms with Gasteiger partial charge in [0.1, 0.15) is 6.29 Å². The number of allylic oxidation sites excluding steroid dienone is 2. The SMILES string of the molecule is C/C(C=O)=C\[C@H](C)c1ccccc1. The molecule has 1 atom stereocenters. The van der Waals surface area contributed by atoms with Crippen molar-refractivity contribution in [1.29, 1.82) is 0 Å². The summed E-state index contributed by atoms with van der Waals surface area (Å²) in [5, 5.41) is 0. The zero-order chi connectivity index (χ0) is 9.68. The van der Waals surface area contributed by atoms with Gasteiger partial charge in [0.05, 0.1) is 0 Å². The molecule has 1 rings (SSSR count). The van der Waals surface area contributed by atoms with Crippen molar-refractivity contribution < 1.29 is 4.79 Å². The Hall–Kier alpha value is -1.37. The lowest BCUT2D eigenvalue weighted by molar-refractivity contribution is -0.104. The Labute approximate surface area is 79.1 Å². The molecule has 0 radical (unpaired) electrons. The Morgan fingerprint density at radius 1 is 1.31 bits per heavy atom. The number of benzene rings is 1. The van der Waals surface area contributed by atoms with Gasteiger partial charge in [0, 0.05) is 0 Å². The minimum absolute atomic E-state index is 0.311. The van der Waals surface area contributed by atoms with Crippen molar-refractivity contribution in [1.82, 2.24) is 0 Å². The van der Waals surface area contributed by atoms with Crippen LogP contribution in [0.4, 0.5) is 0 Å². The lowest BCUT2D eigenvalue weighted by Crippen LogP contribution is -1.90. The highest BCUT2D eigenvalue weighted by atomic mass is 16.1. The Morgan fingerprint density at radius 2 is 1.92 bits per heavy atom. The molecule has 0 bridgehead atoms. The summed E-state index contributed by atoms with van der Waals surface area (Å²) in [6, 6.07) is 10.1. The molecule has 0 aliphatic carbocycles. The van der Waals surface area contributed by atoms with Crippen molar-refractivity contribution in [2.75, 3.05) is 0 Å². The number of rotatable bonds is 3. The summed E-state index contributed by atoms with van der Waals surface area (Å²) in [6.45, 7) is 3.91. The number of aldehydes is 1. The number of hydrogen-bond acceptors (Lipinski definition) is 1. The Bertz CT molecular complexity index is 298. The molecule has 0 aromatic heterocycles. The van der Waals surface area contributed by atoms with Crippen LogP contribution < -0.4 is 0 Å². The molecule has 0 spiro atoms. The van der Waals surface area contributed by atoms with Gasteiger partial charge in [0.15, 0.2) is 0 Å². The second-order valence-electron chi connectivity index (χ2n) is 3.23. The third kappa shape index (κ3) is 2.86. The molecule has 0 saturated carbocycles. The third-order valence-corrected chi connectivity index (χ3v) is 2.02. The van der Waals surface area contributed by atoms with Crippen LogP contribution in [0.15, 0.2) is 42.0 Å². The van der Waals surface area contributed by atoms with Crippen LogP contribution >= 0.6 is 0 Å². The maximum atomic E-state index is 10.4. The molecule has 13 heavy (non-hydrogen) atoms. The van der Waals surface area contributed by atoms with Gasteiger partial charge < -0.3 is 0 Å². The van der Waals surface area contributed by atoms with Gasteiger partial charge in [-0.25, -0.2) is 0 Å². The molecule has 0 aliphatic heterocycles. The maximum absolute atomic E-state index is 10.4. The predicted octanol–water partition coefficient (Wildman–Crippen LogP) is 2.94. The molecular weight excluding hydrogens is 160 g/mol. The first-order chi connectivity index (χ1) is 6.24. The predicted molar refractivity (Wildman–Crippen MR) is 54.7 cm³/mol. The topological polar surface area (TPSA) is 17.1 Å². The molecular formula is C12H14O. The Kier molecular flexibility index (Phi) is 3.44. The van der Waals surface area contributed by atoms with Gasteiger partial charge in [-0.2, -0.15) is 0 Å². The largest absolute Gasteiger partial charge is 0.298 e. The summed E-state index contributed by atoms with van der Waals surface area (Å²) in [5.41, 5.74) is 2.03. The average Bonchev–Trinajstić information content (AvgIpc) is 2.19. The highest BCUT2D eigenvalue weighted by molar-refractivity contribution is 5.72. The van der Waals surface area contributed by atoms with Gasteiger partial charge in [-0.3, -0.25) is 4.79 Å². The van der Waals surface area contributed by atoms with E-state index in [1.165, 1.54) is 5.56 Å². The quantitative estimate of drug-likeness (QED) is 0.508. The summed E-state index contributed by atoms with van der Waals surface area (Å²) < 4.78 is 0. The zero-order valence-electron chi connectivity index (χ0n) is 8.03. The smallest absolute Gasteiger partial charge is 0.145 e. The Morgan fingerprint density at radius 3 is 2.46 bits per heavy atom. The van der Waals surface area contributed by atoms with Gasteiger partial charge in [0.25, 0.3) is 0 Å². The van der Waals surface area contributed by atoms with E-state index in [4.69, 9.17) is 0 Å². The first-order valence-electron chi connectivity index (χ1n) is 4.42. The van der Waals surface area contributed by atoms with E-state index in [0.717, 1.165) is 11.9 Å². The van der Waals surface area contributed by atoms with Crippen LogP contribution in [-0.2, 0) is 4.79 Å². The lowest BCUT2D eigenvalue weighted by atomic mass is 9.99. The van der Waals surface area contributed by atoms with Crippen LogP contribution in [0, 0.1) is 0 Å². The van der Waals surface area contributed by atoms with Crippen LogP contribution in [0.3, 0.4) is 0 Å². The molecule has 1 heteroatoms. The van der Waals surface area contributed by atoms with Crippen molar-refractivity contribution in [2.24, 2.45) is 0 Å². The van der Waals surface area contributed by atoms with Crippen molar-refractivity contribution in [3.63, 3.8) is 0 Å². The third-order valence-electron chi connectivity index (χ3n) is 2.02. The monoisotopic (exact) mass is 174 g/mol. The summed E-state index contributed by atoms with van der Waals surface area (Å²) in [4.78, 5) is 10.4. The number of hydrogen-bond donors (Lipinski definition) is 0. The van der Waals surface area contributed by atoms with Crippen LogP contribution in [0.1, 0.15) is 25.3 Å². The first-order valence-corrected chi connectivity index (χ1v) is 4.42. The van der Waals surface area contributed by atoms with E-state index in [1.807, 2.05) is 31.2 Å². The molecule has 0 aliphatic rings. The van der Waals surface area contributed by atoms with Gasteiger partial charge in [-0.15, -0.1) is 0 Å². The molecule has 0 amide bonds. The van der Waals surface area contributed by atoms with Crippen LogP contribution in [0.25, 0.3) is 0 Å². The molecule has 0 saturated heterocycles. The van der Waals surface area contributed by atoms with E-state index in [2.05, 4.69) is 19.1 Å². The van der Waals surface area contributed by atoms with Gasteiger partial charge in [-0.1, -0.05) is 43.3 Å². The van der Waals surface area contributed by atoms with Crippen molar-refractivity contribution in [3.05, 3.63) is 47.5 Å². The molecule has 1 aromatic rings. The second kappa shape index (κ2) is 4.61. The Balaban J connectivity index is 2.80. The fourth-order valence-corrected chi connectivity index (χ4v) is 1.29. The molecule has 0 N–H and O–H groups in total. The highest BCUT2D eigenvalue weighted by Crippen LogP contribution is 2.16. The zero-order valence-corrected chi connectivity index (χ0v) is 8.03. The summed E-state index contributed by atoms with van der Waals surface area (Å²) in [5.74, 6) is 0.311. The van der Waals surface area contributed by atoms with Crippen LogP contribution in [0.2, 0.25) is 0 Å². The lowest BCUT2D eigenvalue weighted by Gasteiger charge is -2.06. The fraction of sp³-hybridized carbons (Fsp3) is 0.250. The van der Waals surface area contributed by atoms with Crippen LogP contribution in [-0.4, -0.2) is 6.29 Å². The summed E-state index contributed by atoms with van der Waals surface area (Å²) >= 11 is 0. The summed E-state index contributed by atoms with van der Waals surface area (Å²) in [6.07, 6.45) is 2.86. The van der Waals surface area contributed by atoms with E-state index >= 15 is 0 Å². The second-order valence-corrected chi connectivity index (χ2v) is 3.23. The summed E-state index contributed by atoms with van der Waals surface area (Å²) in [7, 11) is 0. The molecule has 68 valence electrons. The van der Waals surface area contributed by atoms with E-state index < -0.39 is 0 Å². The fourth-order valence-electron chi connectivity index (χ4n) is 1.29. The normalized spacial score (nSPS) is 13.8. The minimum Gasteiger partial charge on any atom is -0.298 e. The molecule has 1 aromatic carbocycles. The number of carbonyl (C=O) groups excluding carboxylic acids is 1. The van der Waals surface area contributed by atoms with Gasteiger partial charge in [-0.05, 0) is 24.0 Å². The molecule has 1 nitrogen and oxygen atoms in total. The highest BCUT2D eigenvalue weighted by Gasteiger charge is 2.00. The van der Waals surface area contributed by atoms with Crippen molar-refractivity contribution in [2.45, 2.75) is 19.8 Å². The van der Waals surface area contributed by atoms with E-state index in [1.54, 1.807) is 0 Å². The van der Waals surface area contributed by atoms with Gasteiger partial charge >= 0.3 is 0 Å². The molecule has 0 fully saturated rings.